The Labute approximate surface area is 135 Å². The highest BCUT2D eigenvalue weighted by atomic mass is 16.6. The summed E-state index contributed by atoms with van der Waals surface area (Å²) in [6.45, 7) is 3.50. The van der Waals surface area contributed by atoms with Crippen LogP contribution in [0.3, 0.4) is 0 Å². The van der Waals surface area contributed by atoms with Crippen LogP contribution in [0.4, 0.5) is 11.4 Å². The molecule has 0 bridgehead atoms. The minimum atomic E-state index is -0.664. The molecule has 1 aliphatic heterocycles. The quantitative estimate of drug-likeness (QED) is 0.584. The van der Waals surface area contributed by atoms with Crippen molar-refractivity contribution in [1.82, 2.24) is 4.90 Å². The molecular weight excluding hydrogens is 302 g/mol. The summed E-state index contributed by atoms with van der Waals surface area (Å²) >= 11 is 0. The van der Waals surface area contributed by atoms with E-state index in [0.717, 1.165) is 18.8 Å². The van der Waals surface area contributed by atoms with E-state index >= 15 is 0 Å². The predicted molar refractivity (Wildman–Crippen MR) is 86.2 cm³/mol. The molecule has 0 aromatic heterocycles. The standard InChI is InChI=1S/C15H23N3O5/c1-16(2)14-4-3-12(18(20)21)9-15(14)23-11-13(19)10-17-5-7-22-8-6-17/h3-4,9,13,19H,5-8,10-11H2,1-2H3. The summed E-state index contributed by atoms with van der Waals surface area (Å²) in [4.78, 5) is 14.4. The fourth-order valence-corrected chi connectivity index (χ4v) is 2.42. The Morgan fingerprint density at radius 1 is 1.43 bits per heavy atom. The molecule has 8 nitrogen and oxygen atoms in total. The highest BCUT2D eigenvalue weighted by Gasteiger charge is 2.18. The van der Waals surface area contributed by atoms with Crippen molar-refractivity contribution >= 4 is 11.4 Å². The van der Waals surface area contributed by atoms with Gasteiger partial charge in [-0.25, -0.2) is 0 Å². The van der Waals surface area contributed by atoms with Gasteiger partial charge in [-0.15, -0.1) is 0 Å². The van der Waals surface area contributed by atoms with E-state index in [1.165, 1.54) is 12.1 Å². The fraction of sp³-hybridized carbons (Fsp3) is 0.600. The number of anilines is 1. The van der Waals surface area contributed by atoms with E-state index in [1.54, 1.807) is 6.07 Å². The van der Waals surface area contributed by atoms with Crippen molar-refractivity contribution < 1.29 is 19.5 Å². The van der Waals surface area contributed by atoms with Crippen molar-refractivity contribution in [1.29, 1.82) is 0 Å². The Bertz CT molecular complexity index is 532. The van der Waals surface area contributed by atoms with Crippen molar-refractivity contribution in [3.05, 3.63) is 28.3 Å². The number of nitro benzene ring substituents is 1. The number of ether oxygens (including phenoxy) is 2. The number of hydrogen-bond acceptors (Lipinski definition) is 7. The molecule has 0 radical (unpaired) electrons. The van der Waals surface area contributed by atoms with Crippen LogP contribution >= 0.6 is 0 Å². The largest absolute Gasteiger partial charge is 0.488 e. The van der Waals surface area contributed by atoms with E-state index in [2.05, 4.69) is 4.90 Å². The minimum absolute atomic E-state index is 0.0340. The number of non-ortho nitro benzene ring substituents is 1. The second-order valence-electron chi connectivity index (χ2n) is 5.68. The maximum Gasteiger partial charge on any atom is 0.273 e. The minimum Gasteiger partial charge on any atom is -0.488 e. The van der Waals surface area contributed by atoms with Gasteiger partial charge in [-0.1, -0.05) is 0 Å². The highest BCUT2D eigenvalue weighted by Crippen LogP contribution is 2.31. The maximum atomic E-state index is 10.9. The smallest absolute Gasteiger partial charge is 0.273 e. The second kappa shape index (κ2) is 8.09. The van der Waals surface area contributed by atoms with Crippen LogP contribution in [0.25, 0.3) is 0 Å². The monoisotopic (exact) mass is 325 g/mol. The summed E-state index contributed by atoms with van der Waals surface area (Å²) in [5, 5.41) is 21.0. The number of hydrogen-bond donors (Lipinski definition) is 1. The molecule has 2 rings (SSSR count). The van der Waals surface area contributed by atoms with Crippen molar-refractivity contribution in [2.75, 3.05) is 58.5 Å². The van der Waals surface area contributed by atoms with Crippen LogP contribution in [-0.2, 0) is 4.74 Å². The zero-order valence-electron chi connectivity index (χ0n) is 13.5. The van der Waals surface area contributed by atoms with Crippen molar-refractivity contribution in [3.8, 4) is 5.75 Å². The number of nitrogens with zero attached hydrogens (tertiary/aromatic N) is 3. The molecule has 0 aliphatic carbocycles. The molecule has 8 heteroatoms. The first kappa shape index (κ1) is 17.5. The zero-order chi connectivity index (χ0) is 16.8. The van der Waals surface area contributed by atoms with Crippen LogP contribution in [0.2, 0.25) is 0 Å². The van der Waals surface area contributed by atoms with Crippen LogP contribution in [-0.4, -0.2) is 74.6 Å². The third-order valence-electron chi connectivity index (χ3n) is 3.64. The number of aliphatic hydroxyl groups excluding tert-OH is 1. The molecule has 1 aliphatic rings. The Morgan fingerprint density at radius 2 is 2.13 bits per heavy atom. The third-order valence-corrected chi connectivity index (χ3v) is 3.64. The lowest BCUT2D eigenvalue weighted by Gasteiger charge is -2.28. The Balaban J connectivity index is 1.97. The van der Waals surface area contributed by atoms with Crippen LogP contribution in [0, 0.1) is 10.1 Å². The van der Waals surface area contributed by atoms with E-state index < -0.39 is 11.0 Å². The van der Waals surface area contributed by atoms with Gasteiger partial charge < -0.3 is 19.5 Å². The third kappa shape index (κ3) is 5.05. The lowest BCUT2D eigenvalue weighted by Crippen LogP contribution is -2.42. The Morgan fingerprint density at radius 3 is 2.74 bits per heavy atom. The molecule has 1 aromatic rings. The summed E-state index contributed by atoms with van der Waals surface area (Å²) in [7, 11) is 3.66. The number of nitro groups is 1. The van der Waals surface area contributed by atoms with Gasteiger partial charge in [0.1, 0.15) is 18.5 Å². The summed E-state index contributed by atoms with van der Waals surface area (Å²) in [5.41, 5.74) is 0.697. The molecule has 128 valence electrons. The summed E-state index contributed by atoms with van der Waals surface area (Å²) in [5.74, 6) is 0.394. The molecule has 1 heterocycles. The van der Waals surface area contributed by atoms with Gasteiger partial charge in [-0.05, 0) is 6.07 Å². The maximum absolute atomic E-state index is 10.9. The number of β-amino-alcohol motifs (C(OH)–C–C–N with tert-alkyl or cyclic N) is 1. The summed E-state index contributed by atoms with van der Waals surface area (Å²) < 4.78 is 10.9. The molecular formula is C15H23N3O5. The van der Waals surface area contributed by atoms with Crippen LogP contribution in [0.15, 0.2) is 18.2 Å². The van der Waals surface area contributed by atoms with Crippen molar-refractivity contribution in [2.24, 2.45) is 0 Å². The van der Waals surface area contributed by atoms with Gasteiger partial charge in [-0.2, -0.15) is 0 Å². The van der Waals surface area contributed by atoms with E-state index in [0.29, 0.717) is 25.5 Å². The SMILES string of the molecule is CN(C)c1ccc([N+](=O)[O-])cc1OCC(O)CN1CCOCC1. The summed E-state index contributed by atoms with van der Waals surface area (Å²) in [6, 6.07) is 4.46. The number of morpholine rings is 1. The van der Waals surface area contributed by atoms with E-state index in [1.807, 2.05) is 19.0 Å². The normalized spacial score (nSPS) is 16.8. The van der Waals surface area contributed by atoms with Crippen molar-refractivity contribution in [3.63, 3.8) is 0 Å². The lowest BCUT2D eigenvalue weighted by atomic mass is 10.2. The molecule has 1 saturated heterocycles. The fourth-order valence-electron chi connectivity index (χ4n) is 2.42. The van der Waals surface area contributed by atoms with Crippen LogP contribution in [0.5, 0.6) is 5.75 Å². The Hall–Kier alpha value is -1.90. The molecule has 1 fully saturated rings. The molecule has 1 N–H and O–H groups in total. The van der Waals surface area contributed by atoms with Crippen LogP contribution in [0.1, 0.15) is 0 Å². The first-order valence-electron chi connectivity index (χ1n) is 7.54. The first-order valence-corrected chi connectivity index (χ1v) is 7.54. The molecule has 1 aromatic carbocycles. The van der Waals surface area contributed by atoms with Gasteiger partial charge in [0, 0.05) is 39.8 Å². The van der Waals surface area contributed by atoms with Crippen LogP contribution < -0.4 is 9.64 Å². The molecule has 0 amide bonds. The zero-order valence-corrected chi connectivity index (χ0v) is 13.5. The highest BCUT2D eigenvalue weighted by molar-refractivity contribution is 5.61. The molecule has 1 atom stereocenters. The van der Waals surface area contributed by atoms with Crippen molar-refractivity contribution in [2.45, 2.75) is 6.10 Å². The average Bonchev–Trinajstić information content (AvgIpc) is 2.53. The number of benzene rings is 1. The van der Waals surface area contributed by atoms with Gasteiger partial charge >= 0.3 is 0 Å². The van der Waals surface area contributed by atoms with E-state index in [-0.39, 0.29) is 12.3 Å². The Kier molecular flexibility index (Phi) is 6.14. The predicted octanol–water partition coefficient (Wildman–Crippen LogP) is 0.733. The molecule has 23 heavy (non-hydrogen) atoms. The van der Waals surface area contributed by atoms with Gasteiger partial charge in [0.05, 0.1) is 29.9 Å². The molecule has 0 saturated carbocycles. The lowest BCUT2D eigenvalue weighted by molar-refractivity contribution is -0.384. The number of rotatable bonds is 7. The average molecular weight is 325 g/mol. The van der Waals surface area contributed by atoms with Gasteiger partial charge in [0.15, 0.2) is 0 Å². The van der Waals surface area contributed by atoms with Gasteiger partial charge in [0.25, 0.3) is 5.69 Å². The van der Waals surface area contributed by atoms with Gasteiger partial charge in [0.2, 0.25) is 0 Å². The topological polar surface area (TPSA) is 88.3 Å². The molecule has 0 spiro atoms. The molecule has 1 unspecified atom stereocenters. The van der Waals surface area contributed by atoms with E-state index in [4.69, 9.17) is 9.47 Å². The number of aliphatic hydroxyl groups is 1. The first-order chi connectivity index (χ1) is 11.0. The second-order valence-corrected chi connectivity index (χ2v) is 5.68. The van der Waals surface area contributed by atoms with Gasteiger partial charge in [-0.3, -0.25) is 15.0 Å². The summed E-state index contributed by atoms with van der Waals surface area (Å²) in [6.07, 6.45) is -0.664. The van der Waals surface area contributed by atoms with E-state index in [9.17, 15) is 15.2 Å².